The minimum atomic E-state index is -0.878. The van der Waals surface area contributed by atoms with Crippen molar-refractivity contribution in [2.75, 3.05) is 7.11 Å². The molecule has 0 saturated carbocycles. The van der Waals surface area contributed by atoms with Crippen molar-refractivity contribution < 1.29 is 23.4 Å². The molecule has 0 radical (unpaired) electrons. The number of halogens is 2. The number of ether oxygens (including phenoxy) is 3. The number of nitriles is 1. The lowest BCUT2D eigenvalue weighted by Crippen LogP contribution is -2.22. The Morgan fingerprint density at radius 1 is 1.19 bits per heavy atom. The molecule has 1 aliphatic rings. The van der Waals surface area contributed by atoms with E-state index in [0.29, 0.717) is 11.3 Å². The van der Waals surface area contributed by atoms with Gasteiger partial charge in [0.2, 0.25) is 5.88 Å². The van der Waals surface area contributed by atoms with Gasteiger partial charge < -0.3 is 19.9 Å². The average molecular weight is 451 g/mol. The van der Waals surface area contributed by atoms with Gasteiger partial charge in [0.05, 0.1) is 13.0 Å². The van der Waals surface area contributed by atoms with E-state index in [1.54, 1.807) is 30.3 Å². The Morgan fingerprint density at radius 2 is 1.97 bits per heavy atom. The van der Waals surface area contributed by atoms with Crippen molar-refractivity contribution in [2.24, 2.45) is 5.73 Å². The highest BCUT2D eigenvalue weighted by molar-refractivity contribution is 6.31. The summed E-state index contributed by atoms with van der Waals surface area (Å²) in [7, 11) is 1.45. The van der Waals surface area contributed by atoms with Gasteiger partial charge in [-0.15, -0.1) is 0 Å². The lowest BCUT2D eigenvalue weighted by molar-refractivity contribution is 0.0731. The first-order chi connectivity index (χ1) is 15.4. The van der Waals surface area contributed by atoms with Crippen LogP contribution in [0.2, 0.25) is 5.02 Å². The van der Waals surface area contributed by atoms with E-state index in [1.807, 2.05) is 6.07 Å². The van der Waals surface area contributed by atoms with Crippen LogP contribution in [0.1, 0.15) is 27.4 Å². The molecule has 4 rings (SSSR count). The van der Waals surface area contributed by atoms with Gasteiger partial charge in [0.1, 0.15) is 40.3 Å². The van der Waals surface area contributed by atoms with Crippen molar-refractivity contribution in [3.05, 3.63) is 99.7 Å². The topological polar surface area (TPSA) is 94.6 Å². The summed E-state index contributed by atoms with van der Waals surface area (Å²) in [5.74, 6) is -1.51. The maximum absolute atomic E-state index is 14.7. The van der Waals surface area contributed by atoms with Gasteiger partial charge in [-0.1, -0.05) is 35.9 Å². The maximum Gasteiger partial charge on any atom is 0.347 e. The summed E-state index contributed by atoms with van der Waals surface area (Å²) in [5.41, 5.74) is 6.80. The minimum Gasteiger partial charge on any atom is -0.496 e. The summed E-state index contributed by atoms with van der Waals surface area (Å²) in [6.07, 6.45) is 0. The summed E-state index contributed by atoms with van der Waals surface area (Å²) in [6.45, 7) is 0. The second-order valence-electron chi connectivity index (χ2n) is 6.85. The first-order valence-corrected chi connectivity index (χ1v) is 9.83. The molecule has 1 heterocycles. The number of fused-ring (bicyclic) bond motifs is 1. The molecule has 32 heavy (non-hydrogen) atoms. The molecule has 8 heteroatoms. The molecule has 0 spiro atoms. The number of esters is 1. The third-order valence-corrected chi connectivity index (χ3v) is 5.35. The highest BCUT2D eigenvalue weighted by atomic mass is 35.5. The first-order valence-electron chi connectivity index (χ1n) is 9.45. The Balaban J connectivity index is 1.74. The predicted octanol–water partition coefficient (Wildman–Crippen LogP) is 4.93. The molecule has 2 N–H and O–H groups in total. The number of hydrogen-bond donors (Lipinski definition) is 1. The van der Waals surface area contributed by atoms with Crippen LogP contribution in [0.3, 0.4) is 0 Å². The predicted molar refractivity (Wildman–Crippen MR) is 115 cm³/mol. The van der Waals surface area contributed by atoms with Gasteiger partial charge in [-0.2, -0.15) is 5.26 Å². The summed E-state index contributed by atoms with van der Waals surface area (Å²) >= 11 is 6.26. The van der Waals surface area contributed by atoms with Crippen LogP contribution in [0.5, 0.6) is 17.2 Å². The van der Waals surface area contributed by atoms with E-state index >= 15 is 0 Å². The van der Waals surface area contributed by atoms with Crippen molar-refractivity contribution in [3.63, 3.8) is 0 Å². The minimum absolute atomic E-state index is 0.0308. The number of allylic oxidation sites excluding steroid dienone is 1. The van der Waals surface area contributed by atoms with Gasteiger partial charge in [-0.05, 0) is 30.3 Å². The number of para-hydroxylation sites is 1. The van der Waals surface area contributed by atoms with Crippen molar-refractivity contribution in [1.29, 1.82) is 5.26 Å². The van der Waals surface area contributed by atoms with Crippen LogP contribution in [0.25, 0.3) is 0 Å². The standard InChI is InChI=1S/C24H16ClFN2O4/c1-30-19-8-3-2-5-15(19)24(29)31-13-9-10-14-20(11-13)32-23(28)16(12-27)21(14)22-17(25)6-4-7-18(22)26/h2-11,21H,28H2,1H3. The first kappa shape index (κ1) is 21.2. The Hall–Kier alpha value is -4.02. The summed E-state index contributed by atoms with van der Waals surface area (Å²) in [6, 6.07) is 17.4. The third kappa shape index (κ3) is 3.72. The van der Waals surface area contributed by atoms with E-state index in [0.717, 1.165) is 0 Å². The number of carbonyl (C=O) groups is 1. The number of nitrogens with zero attached hydrogens (tertiary/aromatic N) is 1. The van der Waals surface area contributed by atoms with Crippen LogP contribution in [0.4, 0.5) is 4.39 Å². The summed E-state index contributed by atoms with van der Waals surface area (Å²) in [4.78, 5) is 12.6. The van der Waals surface area contributed by atoms with Crippen LogP contribution < -0.4 is 19.9 Å². The monoisotopic (exact) mass is 450 g/mol. The van der Waals surface area contributed by atoms with Gasteiger partial charge in [0.15, 0.2) is 0 Å². The largest absolute Gasteiger partial charge is 0.496 e. The molecule has 1 atom stereocenters. The SMILES string of the molecule is COc1ccccc1C(=O)Oc1ccc2c(c1)OC(N)=C(C#N)C2c1c(F)cccc1Cl. The second kappa shape index (κ2) is 8.61. The number of methoxy groups -OCH3 is 1. The van der Waals surface area contributed by atoms with Crippen molar-refractivity contribution in [3.8, 4) is 23.3 Å². The van der Waals surface area contributed by atoms with Crippen LogP contribution in [0.15, 0.2) is 72.1 Å². The van der Waals surface area contributed by atoms with Crippen LogP contribution in [0, 0.1) is 17.1 Å². The molecule has 0 amide bonds. The number of carbonyl (C=O) groups excluding carboxylic acids is 1. The zero-order valence-electron chi connectivity index (χ0n) is 16.8. The Kier molecular flexibility index (Phi) is 5.71. The lowest BCUT2D eigenvalue weighted by Gasteiger charge is -2.27. The fraction of sp³-hybridized carbons (Fsp3) is 0.0833. The molecule has 160 valence electrons. The molecular formula is C24H16ClFN2O4. The van der Waals surface area contributed by atoms with Crippen molar-refractivity contribution in [1.82, 2.24) is 0 Å². The molecular weight excluding hydrogens is 435 g/mol. The average Bonchev–Trinajstić information content (AvgIpc) is 2.78. The van der Waals surface area contributed by atoms with Gasteiger partial charge in [0, 0.05) is 22.2 Å². The van der Waals surface area contributed by atoms with Crippen LogP contribution >= 0.6 is 11.6 Å². The Bertz CT molecular complexity index is 1280. The number of nitrogens with two attached hydrogens (primary N) is 1. The smallest absolute Gasteiger partial charge is 0.347 e. The van der Waals surface area contributed by atoms with Crippen LogP contribution in [-0.2, 0) is 0 Å². The molecule has 1 aliphatic heterocycles. The zero-order valence-corrected chi connectivity index (χ0v) is 17.5. The van der Waals surface area contributed by atoms with E-state index in [2.05, 4.69) is 0 Å². The Labute approximate surface area is 188 Å². The molecule has 3 aromatic rings. The van der Waals surface area contributed by atoms with Crippen molar-refractivity contribution in [2.45, 2.75) is 5.92 Å². The highest BCUT2D eigenvalue weighted by Gasteiger charge is 2.34. The summed E-state index contributed by atoms with van der Waals surface area (Å²) < 4.78 is 30.9. The molecule has 0 fully saturated rings. The molecule has 0 aliphatic carbocycles. The highest BCUT2D eigenvalue weighted by Crippen LogP contribution is 2.46. The molecule has 6 nitrogen and oxygen atoms in total. The quantitative estimate of drug-likeness (QED) is 0.447. The normalized spacial score (nSPS) is 14.8. The fourth-order valence-corrected chi connectivity index (χ4v) is 3.83. The van der Waals surface area contributed by atoms with Crippen LogP contribution in [-0.4, -0.2) is 13.1 Å². The van der Waals surface area contributed by atoms with Gasteiger partial charge >= 0.3 is 5.97 Å². The van der Waals surface area contributed by atoms with E-state index in [1.165, 1.54) is 37.4 Å². The van der Waals surface area contributed by atoms with Gasteiger partial charge in [-0.3, -0.25) is 0 Å². The fourth-order valence-electron chi connectivity index (χ4n) is 3.56. The molecule has 0 bridgehead atoms. The second-order valence-corrected chi connectivity index (χ2v) is 7.26. The van der Waals surface area contributed by atoms with Gasteiger partial charge in [0.25, 0.3) is 0 Å². The number of hydrogen-bond acceptors (Lipinski definition) is 6. The third-order valence-electron chi connectivity index (χ3n) is 5.02. The Morgan fingerprint density at radius 3 is 2.69 bits per heavy atom. The van der Waals surface area contributed by atoms with Gasteiger partial charge in [-0.25, -0.2) is 9.18 Å². The molecule has 0 aromatic heterocycles. The zero-order chi connectivity index (χ0) is 22.8. The molecule has 1 unspecified atom stereocenters. The van der Waals surface area contributed by atoms with Crippen molar-refractivity contribution >= 4 is 17.6 Å². The van der Waals surface area contributed by atoms with E-state index in [9.17, 15) is 14.4 Å². The molecule has 3 aromatic carbocycles. The van der Waals surface area contributed by atoms with E-state index < -0.39 is 17.7 Å². The lowest BCUT2D eigenvalue weighted by atomic mass is 9.83. The van der Waals surface area contributed by atoms with E-state index in [4.69, 9.17) is 31.5 Å². The number of benzene rings is 3. The number of rotatable bonds is 4. The molecule has 0 saturated heterocycles. The summed E-state index contributed by atoms with van der Waals surface area (Å²) in [5, 5.41) is 9.78. The maximum atomic E-state index is 14.7. The van der Waals surface area contributed by atoms with E-state index in [-0.39, 0.29) is 39.1 Å².